The van der Waals surface area contributed by atoms with Gasteiger partial charge in [-0.15, -0.1) is 0 Å². The normalized spacial score (nSPS) is 11.3. The zero-order chi connectivity index (χ0) is 18.7. The van der Waals surface area contributed by atoms with E-state index in [1.54, 1.807) is 0 Å². The number of aromatic nitrogens is 4. The Labute approximate surface area is 148 Å². The topological polar surface area (TPSA) is 108 Å². The highest BCUT2D eigenvalue weighted by molar-refractivity contribution is 8.00. The molecular weight excluding hydrogens is 346 g/mol. The maximum absolute atomic E-state index is 12.5. The second kappa shape index (κ2) is 7.79. The number of carbonyl (C=O) groups is 1. The molecule has 136 valence electrons. The van der Waals surface area contributed by atoms with Crippen molar-refractivity contribution in [3.63, 3.8) is 0 Å². The highest BCUT2D eigenvalue weighted by Crippen LogP contribution is 2.22. The Morgan fingerprint density at radius 1 is 1.24 bits per heavy atom. The fourth-order valence-electron chi connectivity index (χ4n) is 2.27. The molecule has 2 heterocycles. The molecule has 1 amide bonds. The molecule has 0 saturated carbocycles. The number of methoxy groups -OCH3 is 1. The first-order valence-corrected chi connectivity index (χ1v) is 8.62. The van der Waals surface area contributed by atoms with E-state index in [9.17, 15) is 14.4 Å². The Kier molecular flexibility index (Phi) is 5.96. The lowest BCUT2D eigenvalue weighted by atomic mass is 10.4. The fraction of sp³-hybridized carbons (Fsp3) is 0.533. The number of aryl methyl sites for hydroxylation is 1. The molecule has 0 aliphatic carbocycles. The van der Waals surface area contributed by atoms with Crippen LogP contribution in [0.25, 0.3) is 11.0 Å². The van der Waals surface area contributed by atoms with Crippen molar-refractivity contribution in [3.8, 4) is 0 Å². The van der Waals surface area contributed by atoms with Crippen LogP contribution >= 0.6 is 11.8 Å². The molecule has 10 heteroatoms. The quantitative estimate of drug-likeness (QED) is 0.556. The summed E-state index contributed by atoms with van der Waals surface area (Å²) in [5.41, 5.74) is -0.746. The lowest BCUT2D eigenvalue weighted by molar-refractivity contribution is -0.119. The Bertz CT molecular complexity index is 919. The molecule has 1 N–H and O–H groups in total. The molecule has 9 nitrogen and oxygen atoms in total. The van der Waals surface area contributed by atoms with E-state index in [2.05, 4.69) is 15.3 Å². The van der Waals surface area contributed by atoms with E-state index in [0.717, 1.165) is 16.3 Å². The summed E-state index contributed by atoms with van der Waals surface area (Å²) in [4.78, 5) is 45.2. The Hall–Kier alpha value is -2.20. The smallest absolute Gasteiger partial charge is 0.332 e. The van der Waals surface area contributed by atoms with E-state index in [-0.39, 0.29) is 35.3 Å². The zero-order valence-electron chi connectivity index (χ0n) is 14.8. The summed E-state index contributed by atoms with van der Waals surface area (Å²) in [6.07, 6.45) is 0. The molecular formula is C15H21N5O4S. The van der Waals surface area contributed by atoms with Gasteiger partial charge in [-0.3, -0.25) is 18.7 Å². The van der Waals surface area contributed by atoms with Crippen LogP contribution in [-0.4, -0.2) is 43.9 Å². The van der Waals surface area contributed by atoms with Crippen LogP contribution in [-0.2, 0) is 30.2 Å². The van der Waals surface area contributed by atoms with Crippen LogP contribution in [0.1, 0.15) is 19.7 Å². The fourth-order valence-corrected chi connectivity index (χ4v) is 3.11. The van der Waals surface area contributed by atoms with Crippen molar-refractivity contribution in [2.24, 2.45) is 14.1 Å². The molecule has 0 aromatic carbocycles. The van der Waals surface area contributed by atoms with Gasteiger partial charge < -0.3 is 10.1 Å². The van der Waals surface area contributed by atoms with E-state index in [0.29, 0.717) is 10.9 Å². The van der Waals surface area contributed by atoms with Crippen LogP contribution in [0.5, 0.6) is 0 Å². The van der Waals surface area contributed by atoms with Crippen molar-refractivity contribution < 1.29 is 9.53 Å². The summed E-state index contributed by atoms with van der Waals surface area (Å²) in [5.74, 6) is 0.273. The summed E-state index contributed by atoms with van der Waals surface area (Å²) < 4.78 is 7.34. The molecule has 0 aliphatic heterocycles. The maximum atomic E-state index is 12.5. The van der Waals surface area contributed by atoms with Gasteiger partial charge in [0.1, 0.15) is 17.0 Å². The molecule has 0 saturated heterocycles. The number of thioether (sulfide) groups is 1. The third kappa shape index (κ3) is 4.07. The van der Waals surface area contributed by atoms with Gasteiger partial charge in [0.2, 0.25) is 5.91 Å². The average molecular weight is 367 g/mol. The molecule has 0 aliphatic rings. The number of ether oxygens (including phenoxy) is 1. The first kappa shape index (κ1) is 19.1. The standard InChI is InChI=1S/C15H21N5O4S/c1-8(2)16-10(21)7-25-13-11-12(17-9(18-13)6-24-5)19(3)15(23)20(4)14(11)22/h8H,6-7H2,1-5H3,(H,16,21). The number of nitrogens with one attached hydrogen (secondary N) is 1. The predicted molar refractivity (Wildman–Crippen MR) is 94.7 cm³/mol. The van der Waals surface area contributed by atoms with Crippen molar-refractivity contribution in [1.82, 2.24) is 24.4 Å². The summed E-state index contributed by atoms with van der Waals surface area (Å²) in [7, 11) is 4.43. The first-order chi connectivity index (χ1) is 11.8. The summed E-state index contributed by atoms with van der Waals surface area (Å²) in [5, 5.41) is 3.35. The molecule has 0 radical (unpaired) electrons. The minimum atomic E-state index is -0.492. The molecule has 2 aromatic rings. The summed E-state index contributed by atoms with van der Waals surface area (Å²) in [6, 6.07) is 0.0213. The Morgan fingerprint density at radius 2 is 1.92 bits per heavy atom. The minimum absolute atomic E-state index is 0.0213. The zero-order valence-corrected chi connectivity index (χ0v) is 15.6. The van der Waals surface area contributed by atoms with Crippen LogP contribution in [0.2, 0.25) is 0 Å². The molecule has 2 rings (SSSR count). The molecule has 25 heavy (non-hydrogen) atoms. The molecule has 2 aromatic heterocycles. The van der Waals surface area contributed by atoms with Gasteiger partial charge in [0.25, 0.3) is 5.56 Å². The van der Waals surface area contributed by atoms with Gasteiger partial charge >= 0.3 is 5.69 Å². The van der Waals surface area contributed by atoms with Gasteiger partial charge in [0.05, 0.1) is 5.75 Å². The van der Waals surface area contributed by atoms with E-state index < -0.39 is 11.2 Å². The van der Waals surface area contributed by atoms with Gasteiger partial charge in [-0.2, -0.15) is 0 Å². The van der Waals surface area contributed by atoms with E-state index >= 15 is 0 Å². The van der Waals surface area contributed by atoms with Crippen molar-refractivity contribution in [2.45, 2.75) is 31.5 Å². The minimum Gasteiger partial charge on any atom is -0.377 e. The lowest BCUT2D eigenvalue weighted by Gasteiger charge is -2.12. The number of hydrogen-bond donors (Lipinski definition) is 1. The van der Waals surface area contributed by atoms with Crippen LogP contribution in [0, 0.1) is 0 Å². The predicted octanol–water partition coefficient (Wildman–Crippen LogP) is -0.210. The first-order valence-electron chi connectivity index (χ1n) is 7.64. The maximum Gasteiger partial charge on any atom is 0.332 e. The van der Waals surface area contributed by atoms with Crippen molar-refractivity contribution in [2.75, 3.05) is 12.9 Å². The highest BCUT2D eigenvalue weighted by Gasteiger charge is 2.18. The van der Waals surface area contributed by atoms with Gasteiger partial charge in [-0.25, -0.2) is 14.8 Å². The van der Waals surface area contributed by atoms with Crippen LogP contribution in [0.15, 0.2) is 14.6 Å². The van der Waals surface area contributed by atoms with Crippen molar-refractivity contribution in [3.05, 3.63) is 26.7 Å². The summed E-state index contributed by atoms with van der Waals surface area (Å²) >= 11 is 1.13. The second-order valence-electron chi connectivity index (χ2n) is 5.79. The monoisotopic (exact) mass is 367 g/mol. The Morgan fingerprint density at radius 3 is 2.52 bits per heavy atom. The molecule has 0 bridgehead atoms. The van der Waals surface area contributed by atoms with Crippen LogP contribution in [0.4, 0.5) is 0 Å². The van der Waals surface area contributed by atoms with Gasteiger partial charge in [-0.05, 0) is 13.8 Å². The largest absolute Gasteiger partial charge is 0.377 e. The van der Waals surface area contributed by atoms with E-state index in [1.165, 1.54) is 25.8 Å². The number of amides is 1. The van der Waals surface area contributed by atoms with Gasteiger partial charge in [0, 0.05) is 27.2 Å². The highest BCUT2D eigenvalue weighted by atomic mass is 32.2. The number of rotatable bonds is 6. The van der Waals surface area contributed by atoms with Crippen LogP contribution in [0.3, 0.4) is 0 Å². The van der Waals surface area contributed by atoms with Crippen molar-refractivity contribution >= 4 is 28.7 Å². The van der Waals surface area contributed by atoms with Crippen molar-refractivity contribution in [1.29, 1.82) is 0 Å². The number of nitrogens with zero attached hydrogens (tertiary/aromatic N) is 4. The lowest BCUT2D eigenvalue weighted by Crippen LogP contribution is -2.38. The second-order valence-corrected chi connectivity index (χ2v) is 6.76. The third-order valence-corrected chi connectivity index (χ3v) is 4.35. The molecule has 0 atom stereocenters. The molecule has 0 fully saturated rings. The van der Waals surface area contributed by atoms with Gasteiger partial charge in [0.15, 0.2) is 11.5 Å². The number of fused-ring (bicyclic) bond motifs is 1. The SMILES string of the molecule is COCc1nc(SCC(=O)NC(C)C)c2c(=O)n(C)c(=O)n(C)c2n1. The van der Waals surface area contributed by atoms with Gasteiger partial charge in [-0.1, -0.05) is 11.8 Å². The summed E-state index contributed by atoms with van der Waals surface area (Å²) in [6.45, 7) is 3.86. The van der Waals surface area contributed by atoms with E-state index in [4.69, 9.17) is 4.74 Å². The van der Waals surface area contributed by atoms with Crippen LogP contribution < -0.4 is 16.6 Å². The average Bonchev–Trinajstić information content (AvgIpc) is 2.55. The number of carbonyl (C=O) groups excluding carboxylic acids is 1. The Balaban J connectivity index is 2.58. The van der Waals surface area contributed by atoms with E-state index in [1.807, 2.05) is 13.8 Å². The number of hydrogen-bond acceptors (Lipinski definition) is 7. The third-order valence-electron chi connectivity index (χ3n) is 3.38. The molecule has 0 unspecified atom stereocenters. The molecule has 0 spiro atoms.